The van der Waals surface area contributed by atoms with E-state index < -0.39 is 0 Å². The van der Waals surface area contributed by atoms with Crippen molar-refractivity contribution in [3.8, 4) is 0 Å². The minimum Gasteiger partial charge on any atom is -0.381 e. The number of carbonyl (C=O) groups is 1. The van der Waals surface area contributed by atoms with E-state index in [0.29, 0.717) is 18.5 Å². The number of benzene rings is 1. The van der Waals surface area contributed by atoms with E-state index >= 15 is 0 Å². The molecule has 20 heavy (non-hydrogen) atoms. The van der Waals surface area contributed by atoms with Crippen molar-refractivity contribution in [3.05, 3.63) is 29.8 Å². The van der Waals surface area contributed by atoms with Crippen molar-refractivity contribution in [1.82, 2.24) is 5.32 Å². The van der Waals surface area contributed by atoms with Crippen molar-refractivity contribution < 1.29 is 9.53 Å². The first-order valence-electron chi connectivity index (χ1n) is 7.21. The minimum absolute atomic E-state index is 0.0215. The third-order valence-corrected chi connectivity index (χ3v) is 4.43. The smallest absolute Gasteiger partial charge is 0.225 e. The first-order valence-corrected chi connectivity index (χ1v) is 8.09. The molecule has 3 nitrogen and oxygen atoms in total. The Labute approximate surface area is 125 Å². The second kappa shape index (κ2) is 7.14. The number of thioether (sulfide) groups is 1. The summed E-state index contributed by atoms with van der Waals surface area (Å²) in [5.74, 6) is 0.129. The zero-order valence-electron chi connectivity index (χ0n) is 12.4. The SMILES string of the molecule is CC(C)Sc1ccc([C@@H](C)NC(=O)[C@@H]2CCOC2)cc1. The maximum atomic E-state index is 12.0. The van der Waals surface area contributed by atoms with Crippen molar-refractivity contribution in [1.29, 1.82) is 0 Å². The number of amides is 1. The molecule has 1 aliphatic heterocycles. The van der Waals surface area contributed by atoms with Crippen molar-refractivity contribution in [3.63, 3.8) is 0 Å². The lowest BCUT2D eigenvalue weighted by atomic mass is 10.1. The van der Waals surface area contributed by atoms with Crippen LogP contribution >= 0.6 is 11.8 Å². The number of hydrogen-bond donors (Lipinski definition) is 1. The molecule has 1 fully saturated rings. The Hall–Kier alpha value is -1.00. The van der Waals surface area contributed by atoms with E-state index in [1.54, 1.807) is 0 Å². The van der Waals surface area contributed by atoms with Gasteiger partial charge in [-0.05, 0) is 31.0 Å². The van der Waals surface area contributed by atoms with Gasteiger partial charge in [-0.15, -0.1) is 11.8 Å². The van der Waals surface area contributed by atoms with Crippen LogP contribution in [0.4, 0.5) is 0 Å². The molecule has 0 aliphatic carbocycles. The van der Waals surface area contributed by atoms with Gasteiger partial charge < -0.3 is 10.1 Å². The fourth-order valence-electron chi connectivity index (χ4n) is 2.26. The van der Waals surface area contributed by atoms with Crippen LogP contribution in [0.5, 0.6) is 0 Å². The second-order valence-corrected chi connectivity index (χ2v) is 7.18. The summed E-state index contributed by atoms with van der Waals surface area (Å²) in [5, 5.41) is 3.66. The Kier molecular flexibility index (Phi) is 5.49. The van der Waals surface area contributed by atoms with Gasteiger partial charge in [0.1, 0.15) is 0 Å². The molecule has 0 radical (unpaired) electrons. The Morgan fingerprint density at radius 3 is 2.55 bits per heavy atom. The van der Waals surface area contributed by atoms with E-state index in [1.807, 2.05) is 18.7 Å². The monoisotopic (exact) mass is 293 g/mol. The van der Waals surface area contributed by atoms with E-state index in [2.05, 4.69) is 43.4 Å². The standard InChI is InChI=1S/C16H23NO2S/c1-11(2)20-15-6-4-13(5-7-15)12(3)17-16(18)14-8-9-19-10-14/h4-7,11-12,14H,8-10H2,1-3H3,(H,17,18)/t12-,14-/m1/s1. The van der Waals surface area contributed by atoms with Crippen LogP contribution in [0.2, 0.25) is 0 Å². The molecule has 0 bridgehead atoms. The lowest BCUT2D eigenvalue weighted by Gasteiger charge is -2.17. The van der Waals surface area contributed by atoms with Crippen LogP contribution in [0, 0.1) is 5.92 Å². The molecule has 1 aliphatic rings. The summed E-state index contributed by atoms with van der Waals surface area (Å²) in [7, 11) is 0. The van der Waals surface area contributed by atoms with Gasteiger partial charge in [-0.25, -0.2) is 0 Å². The van der Waals surface area contributed by atoms with E-state index in [-0.39, 0.29) is 17.9 Å². The van der Waals surface area contributed by atoms with Gasteiger partial charge in [0, 0.05) is 16.8 Å². The molecule has 2 atom stereocenters. The van der Waals surface area contributed by atoms with E-state index in [0.717, 1.165) is 12.0 Å². The quantitative estimate of drug-likeness (QED) is 0.846. The Bertz CT molecular complexity index is 438. The molecule has 1 saturated heterocycles. The number of ether oxygens (including phenoxy) is 1. The minimum atomic E-state index is 0.0215. The van der Waals surface area contributed by atoms with Crippen molar-refractivity contribution in [2.45, 2.75) is 43.4 Å². The Morgan fingerprint density at radius 1 is 1.30 bits per heavy atom. The van der Waals surface area contributed by atoms with Crippen LogP contribution in [0.25, 0.3) is 0 Å². The molecule has 1 heterocycles. The third-order valence-electron chi connectivity index (χ3n) is 3.41. The lowest BCUT2D eigenvalue weighted by molar-refractivity contribution is -0.125. The van der Waals surface area contributed by atoms with Gasteiger partial charge in [-0.2, -0.15) is 0 Å². The third kappa shape index (κ3) is 4.25. The molecular formula is C16H23NO2S. The van der Waals surface area contributed by atoms with Gasteiger partial charge >= 0.3 is 0 Å². The summed E-state index contributed by atoms with van der Waals surface area (Å²) in [5.41, 5.74) is 1.14. The van der Waals surface area contributed by atoms with Crippen molar-refractivity contribution >= 4 is 17.7 Å². The van der Waals surface area contributed by atoms with E-state index in [1.165, 1.54) is 4.90 Å². The number of hydrogen-bond acceptors (Lipinski definition) is 3. The van der Waals surface area contributed by atoms with Crippen LogP contribution in [0.3, 0.4) is 0 Å². The molecule has 1 aromatic rings. The molecule has 0 spiro atoms. The molecular weight excluding hydrogens is 270 g/mol. The molecule has 1 aromatic carbocycles. The summed E-state index contributed by atoms with van der Waals surface area (Å²) in [6, 6.07) is 8.49. The van der Waals surface area contributed by atoms with Crippen LogP contribution < -0.4 is 5.32 Å². The van der Waals surface area contributed by atoms with Crippen LogP contribution in [0.1, 0.15) is 38.8 Å². The molecule has 0 unspecified atom stereocenters. The molecule has 2 rings (SSSR count). The number of nitrogens with one attached hydrogen (secondary N) is 1. The van der Waals surface area contributed by atoms with Gasteiger partial charge in [0.25, 0.3) is 0 Å². The Balaban J connectivity index is 1.91. The predicted octanol–water partition coefficient (Wildman–Crippen LogP) is 3.40. The second-order valence-electron chi connectivity index (χ2n) is 5.53. The highest BCUT2D eigenvalue weighted by Gasteiger charge is 2.24. The summed E-state index contributed by atoms with van der Waals surface area (Å²) >= 11 is 1.85. The first kappa shape index (κ1) is 15.4. The highest BCUT2D eigenvalue weighted by molar-refractivity contribution is 7.99. The predicted molar refractivity (Wildman–Crippen MR) is 82.9 cm³/mol. The first-order chi connectivity index (χ1) is 9.56. The summed E-state index contributed by atoms with van der Waals surface area (Å²) in [6.45, 7) is 7.66. The highest BCUT2D eigenvalue weighted by atomic mass is 32.2. The zero-order chi connectivity index (χ0) is 14.5. The summed E-state index contributed by atoms with van der Waals surface area (Å²) in [4.78, 5) is 13.3. The van der Waals surface area contributed by atoms with E-state index in [9.17, 15) is 4.79 Å². The lowest BCUT2D eigenvalue weighted by Crippen LogP contribution is -2.33. The van der Waals surface area contributed by atoms with Gasteiger partial charge in [-0.3, -0.25) is 4.79 Å². The summed E-state index contributed by atoms with van der Waals surface area (Å²) in [6.07, 6.45) is 0.836. The van der Waals surface area contributed by atoms with Crippen LogP contribution in [-0.2, 0) is 9.53 Å². The molecule has 0 aromatic heterocycles. The maximum absolute atomic E-state index is 12.0. The molecule has 110 valence electrons. The average molecular weight is 293 g/mol. The van der Waals surface area contributed by atoms with Gasteiger partial charge in [0.05, 0.1) is 18.6 Å². The van der Waals surface area contributed by atoms with Crippen LogP contribution in [0.15, 0.2) is 29.2 Å². The molecule has 1 amide bonds. The van der Waals surface area contributed by atoms with Gasteiger partial charge in [0.15, 0.2) is 0 Å². The average Bonchev–Trinajstić information content (AvgIpc) is 2.92. The van der Waals surface area contributed by atoms with Crippen molar-refractivity contribution in [2.75, 3.05) is 13.2 Å². The topological polar surface area (TPSA) is 38.3 Å². The molecule has 0 saturated carbocycles. The van der Waals surface area contributed by atoms with Crippen LogP contribution in [-0.4, -0.2) is 24.4 Å². The zero-order valence-corrected chi connectivity index (χ0v) is 13.2. The van der Waals surface area contributed by atoms with Gasteiger partial charge in [0.2, 0.25) is 5.91 Å². The normalized spacial score (nSPS) is 20.1. The molecule has 1 N–H and O–H groups in total. The highest BCUT2D eigenvalue weighted by Crippen LogP contribution is 2.24. The maximum Gasteiger partial charge on any atom is 0.225 e. The fourth-order valence-corrected chi connectivity index (χ4v) is 3.10. The fraction of sp³-hybridized carbons (Fsp3) is 0.562. The number of carbonyl (C=O) groups excluding carboxylic acids is 1. The largest absolute Gasteiger partial charge is 0.381 e. The van der Waals surface area contributed by atoms with Gasteiger partial charge in [-0.1, -0.05) is 26.0 Å². The molecule has 4 heteroatoms. The van der Waals surface area contributed by atoms with E-state index in [4.69, 9.17) is 4.74 Å². The summed E-state index contributed by atoms with van der Waals surface area (Å²) < 4.78 is 5.25. The van der Waals surface area contributed by atoms with Crippen molar-refractivity contribution in [2.24, 2.45) is 5.92 Å². The number of rotatable bonds is 5. The Morgan fingerprint density at radius 2 is 2.00 bits per heavy atom.